The molecule has 3 aromatic carbocycles. The molecule has 0 aliphatic carbocycles. The molecular weight excluding hydrogens is 450 g/mol. The first kappa shape index (κ1) is 23.5. The number of anilines is 1. The van der Waals surface area contributed by atoms with Crippen molar-refractivity contribution in [2.45, 2.75) is 12.2 Å². The van der Waals surface area contributed by atoms with E-state index in [1.165, 1.54) is 48.5 Å². The van der Waals surface area contributed by atoms with Crippen LogP contribution in [0.2, 0.25) is 5.02 Å². The quantitative estimate of drug-likeness (QED) is 0.506. The number of esters is 2. The monoisotopic (exact) mass is 466 g/mol. The highest BCUT2D eigenvalue weighted by molar-refractivity contribution is 6.30. The Morgan fingerprint density at radius 1 is 0.697 bits per heavy atom. The second kappa shape index (κ2) is 10.9. The van der Waals surface area contributed by atoms with Crippen molar-refractivity contribution in [1.82, 2.24) is 0 Å². The lowest BCUT2D eigenvalue weighted by Gasteiger charge is -2.27. The van der Waals surface area contributed by atoms with Gasteiger partial charge in [-0.1, -0.05) is 48.0 Å². The molecule has 0 bridgehead atoms. The highest BCUT2D eigenvalue weighted by Crippen LogP contribution is 2.17. The summed E-state index contributed by atoms with van der Waals surface area (Å²) in [5, 5.41) is 14.7. The van der Waals surface area contributed by atoms with Gasteiger partial charge in [-0.05, 0) is 48.5 Å². The number of hydrogen-bond acceptors (Lipinski definition) is 7. The molecule has 0 aromatic heterocycles. The van der Waals surface area contributed by atoms with Gasteiger partial charge in [0.15, 0.2) is 6.10 Å². The summed E-state index contributed by atoms with van der Waals surface area (Å²) in [4.78, 5) is 49.8. The topological polar surface area (TPSA) is 122 Å². The molecule has 0 aliphatic heterocycles. The number of benzene rings is 3. The second-order valence-electron chi connectivity index (χ2n) is 6.70. The van der Waals surface area contributed by atoms with E-state index in [1.54, 1.807) is 36.4 Å². The van der Waals surface area contributed by atoms with Gasteiger partial charge in [-0.25, -0.2) is 9.59 Å². The number of hydrogen-bond donors (Lipinski definition) is 1. The van der Waals surface area contributed by atoms with Crippen LogP contribution in [0.15, 0.2) is 84.9 Å². The van der Waals surface area contributed by atoms with Crippen molar-refractivity contribution in [3.8, 4) is 0 Å². The van der Waals surface area contributed by atoms with E-state index in [-0.39, 0.29) is 16.8 Å². The number of ether oxygens (including phenoxy) is 2. The van der Waals surface area contributed by atoms with E-state index in [0.29, 0.717) is 5.02 Å². The summed E-state index contributed by atoms with van der Waals surface area (Å²) in [7, 11) is 0. The number of nitrogens with one attached hydrogen (secondary N) is 1. The smallest absolute Gasteiger partial charge is 0.339 e. The Bertz CT molecular complexity index is 1130. The molecule has 9 heteroatoms. The molecule has 0 unspecified atom stereocenters. The zero-order chi connectivity index (χ0) is 23.8. The van der Waals surface area contributed by atoms with Crippen LogP contribution < -0.4 is 10.4 Å². The minimum absolute atomic E-state index is 0.0370. The van der Waals surface area contributed by atoms with Crippen LogP contribution in [-0.2, 0) is 19.1 Å². The SMILES string of the molecule is O=C(O[C@H](C(=O)Nc1ccc(Cl)cc1)[C@@H](OC(=O)c1ccccc1)C(=O)[O-])c1ccccc1. The molecule has 8 nitrogen and oxygen atoms in total. The van der Waals surface area contributed by atoms with Crippen LogP contribution in [0.3, 0.4) is 0 Å². The molecule has 2 atom stereocenters. The molecular formula is C24H17ClNO7-. The van der Waals surface area contributed by atoms with E-state index >= 15 is 0 Å². The third-order valence-electron chi connectivity index (χ3n) is 4.36. The van der Waals surface area contributed by atoms with Gasteiger partial charge in [0.05, 0.1) is 17.1 Å². The summed E-state index contributed by atoms with van der Waals surface area (Å²) in [6.45, 7) is 0. The Morgan fingerprint density at radius 2 is 1.15 bits per heavy atom. The predicted molar refractivity (Wildman–Crippen MR) is 116 cm³/mol. The van der Waals surface area contributed by atoms with Gasteiger partial charge in [0.1, 0.15) is 0 Å². The molecule has 0 aliphatic rings. The van der Waals surface area contributed by atoms with Crippen molar-refractivity contribution in [2.24, 2.45) is 0 Å². The fraction of sp³-hybridized carbons (Fsp3) is 0.0833. The van der Waals surface area contributed by atoms with E-state index in [0.717, 1.165) is 0 Å². The van der Waals surface area contributed by atoms with E-state index in [1.807, 2.05) is 0 Å². The fourth-order valence-corrected chi connectivity index (χ4v) is 2.87. The number of carboxylic acid groups (broad SMARTS) is 1. The normalized spacial score (nSPS) is 12.2. The van der Waals surface area contributed by atoms with Crippen molar-refractivity contribution >= 4 is 41.1 Å². The van der Waals surface area contributed by atoms with Gasteiger partial charge in [0.25, 0.3) is 5.91 Å². The fourth-order valence-electron chi connectivity index (χ4n) is 2.75. The van der Waals surface area contributed by atoms with E-state index < -0.39 is 36.0 Å². The second-order valence-corrected chi connectivity index (χ2v) is 7.14. The molecule has 0 saturated heterocycles. The highest BCUT2D eigenvalue weighted by Gasteiger charge is 2.37. The molecule has 0 heterocycles. The minimum atomic E-state index is -2.22. The number of amides is 1. The van der Waals surface area contributed by atoms with Gasteiger partial charge in [0, 0.05) is 10.7 Å². The molecule has 0 spiro atoms. The summed E-state index contributed by atoms with van der Waals surface area (Å²) in [6, 6.07) is 21.1. The van der Waals surface area contributed by atoms with E-state index in [4.69, 9.17) is 21.1 Å². The first-order valence-electron chi connectivity index (χ1n) is 9.64. The van der Waals surface area contributed by atoms with Crippen LogP contribution in [-0.4, -0.2) is 36.0 Å². The summed E-state index contributed by atoms with van der Waals surface area (Å²) in [5.74, 6) is -4.99. The lowest BCUT2D eigenvalue weighted by Crippen LogP contribution is -2.52. The molecule has 1 amide bonds. The van der Waals surface area contributed by atoms with Crippen molar-refractivity contribution < 1.29 is 33.8 Å². The first-order valence-corrected chi connectivity index (χ1v) is 10.0. The molecule has 0 saturated carbocycles. The first-order chi connectivity index (χ1) is 15.8. The maximum Gasteiger partial charge on any atom is 0.339 e. The van der Waals surface area contributed by atoms with Gasteiger partial charge in [-0.15, -0.1) is 0 Å². The van der Waals surface area contributed by atoms with Crippen LogP contribution in [0, 0.1) is 0 Å². The number of carbonyl (C=O) groups excluding carboxylic acids is 4. The van der Waals surface area contributed by atoms with Gasteiger partial charge < -0.3 is 24.7 Å². The Balaban J connectivity index is 1.89. The number of rotatable bonds is 8. The maximum atomic E-state index is 12.9. The largest absolute Gasteiger partial charge is 0.546 e. The molecule has 0 radical (unpaired) electrons. The predicted octanol–water partition coefficient (Wildman–Crippen LogP) is 2.48. The summed E-state index contributed by atoms with van der Waals surface area (Å²) in [5.41, 5.74) is 0.347. The van der Waals surface area contributed by atoms with Crippen LogP contribution in [0.25, 0.3) is 0 Å². The molecule has 3 aromatic rings. The van der Waals surface area contributed by atoms with Crippen LogP contribution >= 0.6 is 11.6 Å². The van der Waals surface area contributed by atoms with Crippen molar-refractivity contribution in [2.75, 3.05) is 5.32 Å². The molecule has 1 N–H and O–H groups in total. The number of carboxylic acids is 1. The Kier molecular flexibility index (Phi) is 7.77. The lowest BCUT2D eigenvalue weighted by atomic mass is 10.1. The Labute approximate surface area is 193 Å². The standard InChI is InChI=1S/C24H18ClNO7/c25-17-11-13-18(14-12-17)26-21(27)19(32-23(30)15-7-3-1-4-8-15)20(22(28)29)33-24(31)16-9-5-2-6-10-16/h1-14,19-20H,(H,26,27)(H,28,29)/p-1/t19-,20+/m0/s1. The van der Waals surface area contributed by atoms with E-state index in [2.05, 4.69) is 5.32 Å². The van der Waals surface area contributed by atoms with Gasteiger partial charge in [0.2, 0.25) is 6.10 Å². The van der Waals surface area contributed by atoms with Crippen molar-refractivity contribution in [3.05, 3.63) is 101 Å². The van der Waals surface area contributed by atoms with E-state index in [9.17, 15) is 24.3 Å². The molecule has 3 rings (SSSR count). The lowest BCUT2D eigenvalue weighted by molar-refractivity contribution is -0.317. The van der Waals surface area contributed by atoms with Crippen LogP contribution in [0.5, 0.6) is 0 Å². The van der Waals surface area contributed by atoms with Crippen LogP contribution in [0.1, 0.15) is 20.7 Å². The maximum absolute atomic E-state index is 12.9. The number of aliphatic carboxylic acids is 1. The Morgan fingerprint density at radius 3 is 1.61 bits per heavy atom. The van der Waals surface area contributed by atoms with Crippen molar-refractivity contribution in [1.29, 1.82) is 0 Å². The van der Waals surface area contributed by atoms with Gasteiger partial charge in [-0.3, -0.25) is 4.79 Å². The Hall–Kier alpha value is -4.17. The summed E-state index contributed by atoms with van der Waals surface area (Å²) >= 11 is 5.83. The molecule has 0 fully saturated rings. The highest BCUT2D eigenvalue weighted by atomic mass is 35.5. The molecule has 168 valence electrons. The summed E-state index contributed by atoms with van der Waals surface area (Å²) < 4.78 is 10.2. The number of halogens is 1. The third kappa shape index (κ3) is 6.41. The zero-order valence-corrected chi connectivity index (χ0v) is 17.7. The number of carbonyl (C=O) groups is 4. The average Bonchev–Trinajstić information content (AvgIpc) is 2.83. The van der Waals surface area contributed by atoms with Crippen molar-refractivity contribution in [3.63, 3.8) is 0 Å². The molecule has 33 heavy (non-hydrogen) atoms. The van der Waals surface area contributed by atoms with Gasteiger partial charge in [-0.2, -0.15) is 0 Å². The summed E-state index contributed by atoms with van der Waals surface area (Å²) in [6.07, 6.45) is -4.27. The van der Waals surface area contributed by atoms with Crippen LogP contribution in [0.4, 0.5) is 5.69 Å². The average molecular weight is 467 g/mol. The minimum Gasteiger partial charge on any atom is -0.546 e. The van der Waals surface area contributed by atoms with Gasteiger partial charge >= 0.3 is 11.9 Å². The third-order valence-corrected chi connectivity index (χ3v) is 4.62. The zero-order valence-electron chi connectivity index (χ0n) is 17.0.